The molecule has 0 aromatic heterocycles. The van der Waals surface area contributed by atoms with Gasteiger partial charge in [-0.2, -0.15) is 8.42 Å². The van der Waals surface area contributed by atoms with Crippen molar-refractivity contribution in [3.63, 3.8) is 0 Å². The van der Waals surface area contributed by atoms with Crippen LogP contribution in [0.3, 0.4) is 0 Å². The summed E-state index contributed by atoms with van der Waals surface area (Å²) in [7, 11) is -4.09. The second-order valence-electron chi connectivity index (χ2n) is 7.85. The Labute approximate surface area is 187 Å². The first-order valence-electron chi connectivity index (χ1n) is 10.5. The zero-order valence-electron chi connectivity index (χ0n) is 17.7. The fraction of sp³-hybridized carbons (Fsp3) is 0.240. The van der Waals surface area contributed by atoms with Gasteiger partial charge < -0.3 is 9.08 Å². The number of amides is 1. The lowest BCUT2D eigenvalue weighted by Crippen LogP contribution is -2.32. The zero-order chi connectivity index (χ0) is 22.7. The molecule has 1 aliphatic rings. The van der Waals surface area contributed by atoms with Gasteiger partial charge in [0.15, 0.2) is 0 Å². The van der Waals surface area contributed by atoms with Gasteiger partial charge in [-0.1, -0.05) is 31.2 Å². The van der Waals surface area contributed by atoms with E-state index in [1.807, 2.05) is 35.2 Å². The molecule has 0 bridgehead atoms. The summed E-state index contributed by atoms with van der Waals surface area (Å²) >= 11 is 0. The maximum Gasteiger partial charge on any atom is 0.339 e. The van der Waals surface area contributed by atoms with E-state index in [-0.39, 0.29) is 22.6 Å². The minimum Gasteiger partial charge on any atom is -0.379 e. The summed E-state index contributed by atoms with van der Waals surface area (Å²) in [6.07, 6.45) is 2.82. The second kappa shape index (κ2) is 9.12. The second-order valence-corrected chi connectivity index (χ2v) is 9.40. The summed E-state index contributed by atoms with van der Waals surface area (Å²) in [4.78, 5) is 14.8. The number of rotatable bonds is 8. The van der Waals surface area contributed by atoms with Crippen molar-refractivity contribution in [1.29, 1.82) is 0 Å². The summed E-state index contributed by atoms with van der Waals surface area (Å²) in [5.74, 6) is -0.428. The van der Waals surface area contributed by atoms with Crippen molar-refractivity contribution >= 4 is 16.0 Å². The highest BCUT2D eigenvalue weighted by atomic mass is 32.2. The van der Waals surface area contributed by atoms with E-state index in [0.717, 1.165) is 49.1 Å². The molecule has 1 fully saturated rings. The molecule has 0 spiro atoms. The van der Waals surface area contributed by atoms with E-state index in [1.54, 1.807) is 12.1 Å². The topological polar surface area (TPSA) is 63.7 Å². The molecule has 1 saturated carbocycles. The largest absolute Gasteiger partial charge is 0.379 e. The number of aryl methyl sites for hydroxylation is 1. The molecule has 166 valence electrons. The molecular formula is C25H24FNO4S. The summed E-state index contributed by atoms with van der Waals surface area (Å²) in [6, 6.07) is 18.9. The van der Waals surface area contributed by atoms with Crippen molar-refractivity contribution in [3.8, 4) is 5.75 Å². The van der Waals surface area contributed by atoms with Crippen molar-refractivity contribution in [1.82, 2.24) is 4.90 Å². The Kier molecular flexibility index (Phi) is 6.28. The lowest BCUT2D eigenvalue weighted by atomic mass is 10.1. The van der Waals surface area contributed by atoms with Gasteiger partial charge in [0.1, 0.15) is 16.5 Å². The van der Waals surface area contributed by atoms with E-state index in [4.69, 9.17) is 4.18 Å². The number of hydrogen-bond acceptors (Lipinski definition) is 4. The summed E-state index contributed by atoms with van der Waals surface area (Å²) in [5, 5.41) is 0. The van der Waals surface area contributed by atoms with Crippen LogP contribution in [0.4, 0.5) is 4.39 Å². The molecule has 0 aliphatic heterocycles. The van der Waals surface area contributed by atoms with Gasteiger partial charge in [-0.25, -0.2) is 4.39 Å². The van der Waals surface area contributed by atoms with E-state index in [0.29, 0.717) is 12.1 Å². The van der Waals surface area contributed by atoms with Gasteiger partial charge in [-0.15, -0.1) is 0 Å². The molecule has 4 rings (SSSR count). The first-order valence-corrected chi connectivity index (χ1v) is 12.0. The van der Waals surface area contributed by atoms with Gasteiger partial charge in [0.25, 0.3) is 5.91 Å². The molecule has 1 aliphatic carbocycles. The Hall–Kier alpha value is -3.19. The molecule has 7 heteroatoms. The SMILES string of the molecule is CCc1ccc(C(=O)N(Cc2cccc(OS(=O)(=O)c3ccc(F)cc3)c2)C2CC2)cc1. The Balaban J connectivity index is 1.51. The Morgan fingerprint density at radius 2 is 1.69 bits per heavy atom. The first-order chi connectivity index (χ1) is 15.4. The molecule has 32 heavy (non-hydrogen) atoms. The van der Waals surface area contributed by atoms with E-state index in [1.165, 1.54) is 11.6 Å². The lowest BCUT2D eigenvalue weighted by Gasteiger charge is -2.23. The van der Waals surface area contributed by atoms with Gasteiger partial charge in [-0.3, -0.25) is 4.79 Å². The average molecular weight is 454 g/mol. The molecule has 0 unspecified atom stereocenters. The number of carbonyl (C=O) groups excluding carboxylic acids is 1. The van der Waals surface area contributed by atoms with Crippen molar-refractivity contribution in [2.75, 3.05) is 0 Å². The van der Waals surface area contributed by atoms with Gasteiger partial charge in [0.05, 0.1) is 0 Å². The van der Waals surface area contributed by atoms with Crippen LogP contribution < -0.4 is 4.18 Å². The molecule has 0 radical (unpaired) electrons. The maximum absolute atomic E-state index is 13.1. The molecule has 0 heterocycles. The first kappa shape index (κ1) is 22.0. The van der Waals surface area contributed by atoms with E-state index < -0.39 is 15.9 Å². The predicted molar refractivity (Wildman–Crippen MR) is 119 cm³/mol. The van der Waals surface area contributed by atoms with E-state index >= 15 is 0 Å². The molecule has 3 aromatic rings. The fourth-order valence-corrected chi connectivity index (χ4v) is 4.39. The smallest absolute Gasteiger partial charge is 0.339 e. The van der Waals surface area contributed by atoms with Crippen LogP contribution in [0.15, 0.2) is 77.7 Å². The van der Waals surface area contributed by atoms with Crippen LogP contribution in [0.1, 0.15) is 41.3 Å². The lowest BCUT2D eigenvalue weighted by molar-refractivity contribution is 0.0729. The summed E-state index contributed by atoms with van der Waals surface area (Å²) < 4.78 is 43.3. The molecule has 1 amide bonds. The van der Waals surface area contributed by atoms with Crippen LogP contribution in [0.5, 0.6) is 5.75 Å². The number of hydrogen-bond donors (Lipinski definition) is 0. The quantitative estimate of drug-likeness (QED) is 0.452. The predicted octanol–water partition coefficient (Wildman–Crippen LogP) is 4.96. The minimum atomic E-state index is -4.09. The van der Waals surface area contributed by atoms with Crippen molar-refractivity contribution in [3.05, 3.63) is 95.3 Å². The third-order valence-electron chi connectivity index (χ3n) is 5.42. The minimum absolute atomic E-state index is 0.0413. The Morgan fingerprint density at radius 1 is 1.00 bits per heavy atom. The monoisotopic (exact) mass is 453 g/mol. The summed E-state index contributed by atoms with van der Waals surface area (Å²) in [5.41, 5.74) is 2.58. The van der Waals surface area contributed by atoms with Crippen LogP contribution in [0.2, 0.25) is 0 Å². The fourth-order valence-electron chi connectivity index (χ4n) is 3.47. The van der Waals surface area contributed by atoms with Crippen molar-refractivity contribution in [2.24, 2.45) is 0 Å². The highest BCUT2D eigenvalue weighted by Crippen LogP contribution is 2.31. The Morgan fingerprint density at radius 3 is 2.31 bits per heavy atom. The van der Waals surface area contributed by atoms with Gasteiger partial charge in [0, 0.05) is 18.2 Å². The van der Waals surface area contributed by atoms with E-state index in [2.05, 4.69) is 6.92 Å². The Bertz CT molecular complexity index is 1200. The van der Waals surface area contributed by atoms with Gasteiger partial charge in [-0.05, 0) is 78.9 Å². The molecule has 0 saturated heterocycles. The van der Waals surface area contributed by atoms with Crippen LogP contribution in [-0.4, -0.2) is 25.3 Å². The normalized spacial score (nSPS) is 13.6. The van der Waals surface area contributed by atoms with E-state index in [9.17, 15) is 17.6 Å². The number of halogens is 1. The van der Waals surface area contributed by atoms with Crippen molar-refractivity contribution in [2.45, 2.75) is 43.7 Å². The summed E-state index contributed by atoms with van der Waals surface area (Å²) in [6.45, 7) is 2.42. The van der Waals surface area contributed by atoms with Crippen LogP contribution in [0, 0.1) is 5.82 Å². The van der Waals surface area contributed by atoms with Gasteiger partial charge in [0.2, 0.25) is 0 Å². The highest BCUT2D eigenvalue weighted by Gasteiger charge is 2.33. The zero-order valence-corrected chi connectivity index (χ0v) is 18.5. The molecular weight excluding hydrogens is 429 g/mol. The molecule has 0 N–H and O–H groups in total. The average Bonchev–Trinajstić information content (AvgIpc) is 3.63. The third kappa shape index (κ3) is 5.16. The highest BCUT2D eigenvalue weighted by molar-refractivity contribution is 7.87. The van der Waals surface area contributed by atoms with Crippen LogP contribution in [-0.2, 0) is 23.1 Å². The third-order valence-corrected chi connectivity index (χ3v) is 6.68. The molecule has 0 atom stereocenters. The van der Waals surface area contributed by atoms with Crippen LogP contribution >= 0.6 is 0 Å². The number of benzene rings is 3. The van der Waals surface area contributed by atoms with Crippen LogP contribution in [0.25, 0.3) is 0 Å². The standard InChI is InChI=1S/C25H24FNO4S/c1-2-18-6-8-20(9-7-18)25(28)27(22-12-13-22)17-19-4-3-5-23(16-19)31-32(29,30)24-14-10-21(26)11-15-24/h3-11,14-16,22H,2,12-13,17H2,1H3. The van der Waals surface area contributed by atoms with Crippen molar-refractivity contribution < 1.29 is 21.8 Å². The number of carbonyl (C=O) groups is 1. The van der Waals surface area contributed by atoms with Gasteiger partial charge >= 0.3 is 10.1 Å². The molecule has 3 aromatic carbocycles. The molecule has 5 nitrogen and oxygen atoms in total. The maximum atomic E-state index is 13.1. The number of nitrogens with zero attached hydrogens (tertiary/aromatic N) is 1.